The molecule has 16 valence electrons. The average molecular weight is 241 g/mol. The van der Waals surface area contributed by atoms with Crippen LogP contribution in [0.3, 0.4) is 0 Å². The van der Waals surface area contributed by atoms with Crippen molar-refractivity contribution in [1.29, 1.82) is 0 Å². The first-order chi connectivity index (χ1) is 0. The summed E-state index contributed by atoms with van der Waals surface area (Å²) in [5.41, 5.74) is 0. The van der Waals surface area contributed by atoms with Crippen molar-refractivity contribution in [3.8, 4) is 0 Å². The van der Waals surface area contributed by atoms with Crippen molar-refractivity contribution in [2.24, 2.45) is 0 Å². The van der Waals surface area contributed by atoms with Crippen LogP contribution in [0.2, 0.25) is 0 Å². The zero-order valence-electron chi connectivity index (χ0n) is 10.7. The molecule has 0 amide bonds. The molecule has 0 unspecified atom stereocenters. The molecule has 0 rings (SSSR count). The summed E-state index contributed by atoms with van der Waals surface area (Å²) in [6.45, 7) is 0. The quantitative estimate of drug-likeness (QED) is 0.369. The van der Waals surface area contributed by atoms with Crippen molar-refractivity contribution in [2.75, 3.05) is 0 Å². The summed E-state index contributed by atoms with van der Waals surface area (Å²) in [6.07, 6.45) is 0. The van der Waals surface area contributed by atoms with Crippen molar-refractivity contribution >= 4 is 23.9 Å². The van der Waals surface area contributed by atoms with Crippen LogP contribution in [0.1, 0.15) is 7.13 Å². The Morgan fingerprint density at radius 2 is 0.500 bits per heavy atom. The first-order valence-electron chi connectivity index (χ1n) is 0. The van der Waals surface area contributed by atoms with Gasteiger partial charge in [0.05, 0.1) is 0 Å². The summed E-state index contributed by atoms with van der Waals surface area (Å²) >= 11 is 0. The second-order valence-corrected chi connectivity index (χ2v) is 0. The fraction of sp³-hybridized carbons (Fsp3) is 0. The van der Waals surface area contributed by atoms with Gasteiger partial charge in [0.1, 0.15) is 0 Å². The molecule has 0 saturated heterocycles. The first-order valence-corrected chi connectivity index (χ1v) is 0. The Morgan fingerprint density at radius 1 is 0.500 bits per heavy atom. The number of hydrogen-bond acceptors (Lipinski definition) is 0. The van der Waals surface area contributed by atoms with Gasteiger partial charge in [-0.15, -0.1) is 0 Å². The van der Waals surface area contributed by atoms with Gasteiger partial charge >= 0.3 is 172 Å². The third-order valence-corrected chi connectivity index (χ3v) is 0. The Morgan fingerprint density at radius 3 is 0.500 bits per heavy atom. The van der Waals surface area contributed by atoms with Gasteiger partial charge in [-0.3, -0.25) is 0 Å². The summed E-state index contributed by atoms with van der Waals surface area (Å²) in [5, 5.41) is 0. The van der Waals surface area contributed by atoms with Gasteiger partial charge < -0.3 is 7.13 Å². The van der Waals surface area contributed by atoms with Crippen molar-refractivity contribution in [2.45, 2.75) is 0 Å². The Kier molecular flexibility index (Phi) is 210. The predicted octanol–water partition coefficient (Wildman–Crippen LogP) is -15.3. The van der Waals surface area contributed by atoms with Gasteiger partial charge in [-0.25, -0.2) is 0 Å². The van der Waals surface area contributed by atoms with Crippen molar-refractivity contribution in [1.82, 2.24) is 0 Å². The SMILES string of the molecule is [H-].[H-].[H-].[H-].[H-].[Na+].[Na+].[Na+].[Na+].[Na+].[SnH2]. The molecule has 0 spiro atoms. The zero-order valence-corrected chi connectivity index (χ0v) is 19.7. The average Bonchev–Trinajstić information content (AvgIpc) is 0. The predicted molar refractivity (Wildman–Crippen MR) is 14.1 cm³/mol. The van der Waals surface area contributed by atoms with E-state index in [2.05, 4.69) is 0 Å². The monoisotopic (exact) mass is 242 g/mol. The Bertz CT molecular complexity index is 14.8. The molecule has 0 aliphatic heterocycles. The number of rotatable bonds is 0. The fourth-order valence-corrected chi connectivity index (χ4v) is 0. The first kappa shape index (κ1) is 40.9. The second-order valence-electron chi connectivity index (χ2n) is 0. The summed E-state index contributed by atoms with van der Waals surface area (Å²) in [4.78, 5) is 0. The standard InChI is InChI=1S/5Na.Sn.7H/q5*+1;;;;5*-1. The van der Waals surface area contributed by atoms with Crippen molar-refractivity contribution in [3.63, 3.8) is 0 Å². The van der Waals surface area contributed by atoms with Crippen LogP contribution in [0.25, 0.3) is 0 Å². The van der Waals surface area contributed by atoms with E-state index in [1.165, 1.54) is 0 Å². The van der Waals surface area contributed by atoms with Crippen LogP contribution in [-0.4, -0.2) is 23.9 Å². The molecule has 0 aromatic heterocycles. The summed E-state index contributed by atoms with van der Waals surface area (Å²) in [5.74, 6) is 0. The normalized spacial score (nSPS) is 0. The van der Waals surface area contributed by atoms with Crippen LogP contribution in [-0.2, 0) is 0 Å². The van der Waals surface area contributed by atoms with E-state index >= 15 is 0 Å². The summed E-state index contributed by atoms with van der Waals surface area (Å²) in [7, 11) is 0. The molecule has 0 saturated carbocycles. The van der Waals surface area contributed by atoms with E-state index in [4.69, 9.17) is 0 Å². The molecular weight excluding hydrogens is 234 g/mol. The van der Waals surface area contributed by atoms with Crippen LogP contribution in [0.4, 0.5) is 0 Å². The van der Waals surface area contributed by atoms with Gasteiger partial charge in [0, 0.05) is 0 Å². The van der Waals surface area contributed by atoms with E-state index in [0.29, 0.717) is 0 Å². The molecule has 0 bridgehead atoms. The van der Waals surface area contributed by atoms with Gasteiger partial charge in [0.25, 0.3) is 0 Å². The van der Waals surface area contributed by atoms with Gasteiger partial charge in [-0.2, -0.15) is 0 Å². The molecule has 2 radical (unpaired) electrons. The van der Waals surface area contributed by atoms with Crippen LogP contribution >= 0.6 is 0 Å². The molecule has 0 aromatic carbocycles. The van der Waals surface area contributed by atoms with Crippen LogP contribution in [0.5, 0.6) is 0 Å². The van der Waals surface area contributed by atoms with E-state index < -0.39 is 0 Å². The minimum absolute atomic E-state index is 0. The van der Waals surface area contributed by atoms with E-state index in [-0.39, 0.29) is 179 Å². The topological polar surface area (TPSA) is 0 Å². The Labute approximate surface area is 174 Å². The molecule has 0 heterocycles. The minimum atomic E-state index is 0. The molecule has 0 N–H and O–H groups in total. The van der Waals surface area contributed by atoms with Crippen LogP contribution in [0, 0.1) is 0 Å². The molecule has 6 heavy (non-hydrogen) atoms. The van der Waals surface area contributed by atoms with Crippen LogP contribution in [0.15, 0.2) is 0 Å². The van der Waals surface area contributed by atoms with Gasteiger partial charge in [0.15, 0.2) is 0 Å². The van der Waals surface area contributed by atoms with Gasteiger partial charge in [-0.05, 0) is 0 Å². The fourth-order valence-electron chi connectivity index (χ4n) is 0. The van der Waals surface area contributed by atoms with E-state index in [9.17, 15) is 0 Å². The van der Waals surface area contributed by atoms with E-state index in [0.717, 1.165) is 0 Å². The molecule has 0 nitrogen and oxygen atoms in total. The van der Waals surface area contributed by atoms with E-state index in [1.54, 1.807) is 0 Å². The van der Waals surface area contributed by atoms with E-state index in [1.807, 2.05) is 0 Å². The maximum atomic E-state index is 0. The Balaban J connectivity index is 0. The summed E-state index contributed by atoms with van der Waals surface area (Å²) in [6, 6.07) is 0. The molecule has 6 heteroatoms. The number of hydrogen-bond donors (Lipinski definition) is 0. The maximum absolute atomic E-state index is 0. The molecule has 0 aliphatic rings. The van der Waals surface area contributed by atoms with Crippen LogP contribution < -0.4 is 148 Å². The second kappa shape index (κ2) is 30.8. The Hall–Kier alpha value is 5.80. The summed E-state index contributed by atoms with van der Waals surface area (Å²) < 4.78 is 0. The molecule has 0 aromatic rings. The molecular formula is H7Na5Sn. The van der Waals surface area contributed by atoms with Crippen molar-refractivity contribution in [3.05, 3.63) is 0 Å². The molecule has 0 fully saturated rings. The molecule has 0 atom stereocenters. The third-order valence-electron chi connectivity index (χ3n) is 0. The third kappa shape index (κ3) is 22.6. The van der Waals surface area contributed by atoms with Gasteiger partial charge in [-0.1, -0.05) is 0 Å². The van der Waals surface area contributed by atoms with Crippen molar-refractivity contribution < 1.29 is 155 Å². The van der Waals surface area contributed by atoms with Gasteiger partial charge in [0.2, 0.25) is 0 Å². The molecule has 0 aliphatic carbocycles. The zero-order chi connectivity index (χ0) is 0.